The van der Waals surface area contributed by atoms with Crippen LogP contribution in [-0.4, -0.2) is 30.2 Å². The van der Waals surface area contributed by atoms with E-state index in [0.29, 0.717) is 18.4 Å². The zero-order valence-electron chi connectivity index (χ0n) is 12.0. The molecule has 0 saturated heterocycles. The normalized spacial score (nSPS) is 17.6. The van der Waals surface area contributed by atoms with Crippen molar-refractivity contribution < 1.29 is 14.7 Å². The van der Waals surface area contributed by atoms with E-state index < -0.39 is 5.97 Å². The Morgan fingerprint density at radius 3 is 2.53 bits per heavy atom. The number of rotatable bonds is 9. The molecule has 110 valence electrons. The number of urea groups is 1. The minimum absolute atomic E-state index is 0.135. The number of aliphatic carboxylic acids is 1. The first-order valence-electron chi connectivity index (χ1n) is 7.21. The summed E-state index contributed by atoms with van der Waals surface area (Å²) in [6.07, 6.45) is 5.53. The van der Waals surface area contributed by atoms with Crippen LogP contribution in [0.3, 0.4) is 0 Å². The van der Waals surface area contributed by atoms with Gasteiger partial charge in [-0.05, 0) is 37.0 Å². The summed E-state index contributed by atoms with van der Waals surface area (Å²) < 4.78 is 0. The third kappa shape index (κ3) is 6.45. The number of carbonyl (C=O) groups excluding carboxylic acids is 1. The second-order valence-electron chi connectivity index (χ2n) is 5.85. The fraction of sp³-hybridized carbons (Fsp3) is 0.857. The fourth-order valence-corrected chi connectivity index (χ4v) is 2.29. The molecule has 2 amide bonds. The number of hydrogen-bond acceptors (Lipinski definition) is 2. The van der Waals surface area contributed by atoms with Crippen LogP contribution in [0, 0.1) is 11.3 Å². The zero-order chi connectivity index (χ0) is 14.3. The van der Waals surface area contributed by atoms with Gasteiger partial charge in [0.15, 0.2) is 0 Å². The first-order chi connectivity index (χ1) is 8.97. The summed E-state index contributed by atoms with van der Waals surface area (Å²) >= 11 is 0. The van der Waals surface area contributed by atoms with Gasteiger partial charge in [0.1, 0.15) is 0 Å². The number of nitrogens with one attached hydrogen (secondary N) is 2. The molecule has 0 bridgehead atoms. The van der Waals surface area contributed by atoms with Gasteiger partial charge in [-0.1, -0.05) is 20.3 Å². The molecule has 19 heavy (non-hydrogen) atoms. The molecule has 1 saturated carbocycles. The van der Waals surface area contributed by atoms with Gasteiger partial charge in [0, 0.05) is 19.5 Å². The largest absolute Gasteiger partial charge is 0.481 e. The van der Waals surface area contributed by atoms with Crippen molar-refractivity contribution >= 4 is 12.0 Å². The molecule has 5 heteroatoms. The van der Waals surface area contributed by atoms with Crippen molar-refractivity contribution in [2.75, 3.05) is 13.1 Å². The Kier molecular flexibility index (Phi) is 6.12. The van der Waals surface area contributed by atoms with Crippen LogP contribution in [0.5, 0.6) is 0 Å². The van der Waals surface area contributed by atoms with Crippen LogP contribution in [0.4, 0.5) is 4.79 Å². The lowest BCUT2D eigenvalue weighted by molar-refractivity contribution is -0.137. The Hall–Kier alpha value is -1.26. The van der Waals surface area contributed by atoms with E-state index in [1.165, 1.54) is 19.3 Å². The van der Waals surface area contributed by atoms with Crippen LogP contribution >= 0.6 is 0 Å². The van der Waals surface area contributed by atoms with Crippen LogP contribution in [0.2, 0.25) is 0 Å². The summed E-state index contributed by atoms with van der Waals surface area (Å²) in [4.78, 5) is 22.0. The Bertz CT molecular complexity index is 314. The minimum atomic E-state index is -0.786. The van der Waals surface area contributed by atoms with E-state index in [-0.39, 0.29) is 18.4 Å². The van der Waals surface area contributed by atoms with Crippen LogP contribution in [-0.2, 0) is 4.79 Å². The second kappa shape index (κ2) is 7.36. The average Bonchev–Trinajstić information content (AvgIpc) is 3.12. The van der Waals surface area contributed by atoms with E-state index in [4.69, 9.17) is 5.11 Å². The van der Waals surface area contributed by atoms with Crippen molar-refractivity contribution in [1.82, 2.24) is 10.6 Å². The molecule has 0 aliphatic heterocycles. The average molecular weight is 270 g/mol. The fourth-order valence-electron chi connectivity index (χ4n) is 2.29. The van der Waals surface area contributed by atoms with Crippen molar-refractivity contribution in [1.29, 1.82) is 0 Å². The van der Waals surface area contributed by atoms with Gasteiger partial charge >= 0.3 is 12.0 Å². The second-order valence-corrected chi connectivity index (χ2v) is 5.85. The first-order valence-corrected chi connectivity index (χ1v) is 7.21. The molecule has 0 aromatic rings. The molecular weight excluding hydrogens is 244 g/mol. The third-order valence-electron chi connectivity index (χ3n) is 3.82. The maximum atomic E-state index is 11.6. The van der Waals surface area contributed by atoms with Gasteiger partial charge in [-0.2, -0.15) is 0 Å². The highest BCUT2D eigenvalue weighted by Crippen LogP contribution is 2.48. The molecule has 1 aliphatic carbocycles. The van der Waals surface area contributed by atoms with E-state index >= 15 is 0 Å². The Labute approximate surface area is 115 Å². The van der Waals surface area contributed by atoms with Crippen molar-refractivity contribution in [3.8, 4) is 0 Å². The van der Waals surface area contributed by atoms with E-state index in [1.807, 2.05) is 6.92 Å². The number of hydrogen-bond donors (Lipinski definition) is 3. The highest BCUT2D eigenvalue weighted by atomic mass is 16.4. The summed E-state index contributed by atoms with van der Waals surface area (Å²) in [5.74, 6) is -0.598. The highest BCUT2D eigenvalue weighted by Gasteiger charge is 2.41. The van der Waals surface area contributed by atoms with Crippen molar-refractivity contribution in [2.24, 2.45) is 11.3 Å². The lowest BCUT2D eigenvalue weighted by atomic mass is 10.0. The monoisotopic (exact) mass is 270 g/mol. The summed E-state index contributed by atoms with van der Waals surface area (Å²) in [5, 5.41) is 14.3. The van der Waals surface area contributed by atoms with Gasteiger partial charge < -0.3 is 15.7 Å². The quantitative estimate of drug-likeness (QED) is 0.602. The van der Waals surface area contributed by atoms with Gasteiger partial charge in [0.05, 0.1) is 0 Å². The SMILES string of the molecule is CCCC1(CNC(=O)NCC(C)CCC(=O)O)CC1. The summed E-state index contributed by atoms with van der Waals surface area (Å²) in [5.41, 5.74) is 0.362. The van der Waals surface area contributed by atoms with E-state index in [9.17, 15) is 9.59 Å². The number of amides is 2. The predicted molar refractivity (Wildman–Crippen MR) is 74.0 cm³/mol. The molecule has 3 N–H and O–H groups in total. The molecule has 1 aliphatic rings. The molecule has 0 aromatic carbocycles. The Morgan fingerprint density at radius 2 is 2.00 bits per heavy atom. The smallest absolute Gasteiger partial charge is 0.314 e. The highest BCUT2D eigenvalue weighted by molar-refractivity contribution is 5.73. The maximum absolute atomic E-state index is 11.6. The van der Waals surface area contributed by atoms with Gasteiger partial charge in [-0.15, -0.1) is 0 Å². The lowest BCUT2D eigenvalue weighted by Crippen LogP contribution is -2.40. The molecule has 1 fully saturated rings. The van der Waals surface area contributed by atoms with Crippen molar-refractivity contribution in [3.63, 3.8) is 0 Å². The molecule has 0 radical (unpaired) electrons. The van der Waals surface area contributed by atoms with Gasteiger partial charge in [-0.25, -0.2) is 4.79 Å². The summed E-state index contributed by atoms with van der Waals surface area (Å²) in [6, 6.07) is -0.135. The van der Waals surface area contributed by atoms with Crippen LogP contribution in [0.1, 0.15) is 52.4 Å². The van der Waals surface area contributed by atoms with Crippen LogP contribution in [0.15, 0.2) is 0 Å². The molecule has 1 rings (SSSR count). The van der Waals surface area contributed by atoms with Gasteiger partial charge in [0.2, 0.25) is 0 Å². The van der Waals surface area contributed by atoms with Crippen molar-refractivity contribution in [2.45, 2.75) is 52.4 Å². The van der Waals surface area contributed by atoms with E-state index in [2.05, 4.69) is 17.6 Å². The summed E-state index contributed by atoms with van der Waals surface area (Å²) in [6.45, 7) is 5.41. The van der Waals surface area contributed by atoms with E-state index in [0.717, 1.165) is 13.0 Å². The Morgan fingerprint density at radius 1 is 1.32 bits per heavy atom. The lowest BCUT2D eigenvalue weighted by Gasteiger charge is -2.16. The molecule has 0 spiro atoms. The number of carbonyl (C=O) groups is 2. The topological polar surface area (TPSA) is 78.4 Å². The molecule has 1 atom stereocenters. The summed E-state index contributed by atoms with van der Waals surface area (Å²) in [7, 11) is 0. The van der Waals surface area contributed by atoms with Crippen LogP contribution < -0.4 is 10.6 Å². The first kappa shape index (κ1) is 15.8. The van der Waals surface area contributed by atoms with Crippen molar-refractivity contribution in [3.05, 3.63) is 0 Å². The van der Waals surface area contributed by atoms with Crippen LogP contribution in [0.25, 0.3) is 0 Å². The molecular formula is C14H26N2O3. The molecule has 1 unspecified atom stereocenters. The molecule has 0 heterocycles. The standard InChI is InChI=1S/C14H26N2O3/c1-3-6-14(7-8-14)10-16-13(19)15-9-11(2)4-5-12(17)18/h11H,3-10H2,1-2H3,(H,17,18)(H2,15,16,19). The third-order valence-corrected chi connectivity index (χ3v) is 3.82. The minimum Gasteiger partial charge on any atom is -0.481 e. The van der Waals surface area contributed by atoms with Gasteiger partial charge in [-0.3, -0.25) is 4.79 Å². The number of carboxylic acids is 1. The predicted octanol–water partition coefficient (Wildman–Crippen LogP) is 2.37. The Balaban J connectivity index is 2.09. The van der Waals surface area contributed by atoms with E-state index in [1.54, 1.807) is 0 Å². The molecule has 0 aromatic heterocycles. The molecule has 5 nitrogen and oxygen atoms in total. The number of carboxylic acid groups (broad SMARTS) is 1. The van der Waals surface area contributed by atoms with Gasteiger partial charge in [0.25, 0.3) is 0 Å². The zero-order valence-corrected chi connectivity index (χ0v) is 12.0. The maximum Gasteiger partial charge on any atom is 0.314 e.